The number of aliphatic imine (C=N–C) groups is 2. The number of hydrogen-bond donors (Lipinski definition) is 0. The SMILES string of the molecule is C=CN=CC(=NC)C1=CCC2C3CCC4=CC(=O)CCC4(C)C3CCC12C. The Hall–Kier alpha value is -1.77. The van der Waals surface area contributed by atoms with Crippen LogP contribution in [0, 0.1) is 28.6 Å². The van der Waals surface area contributed by atoms with Crippen molar-refractivity contribution in [3.05, 3.63) is 36.1 Å². The first-order valence-corrected chi connectivity index (χ1v) is 10.5. The summed E-state index contributed by atoms with van der Waals surface area (Å²) in [6.07, 6.45) is 15.6. The maximum Gasteiger partial charge on any atom is 0.155 e. The summed E-state index contributed by atoms with van der Waals surface area (Å²) >= 11 is 0. The molecule has 3 nitrogen and oxygen atoms in total. The maximum atomic E-state index is 12.0. The number of allylic oxidation sites excluding steroid dienone is 4. The van der Waals surface area contributed by atoms with Crippen LogP contribution in [0.2, 0.25) is 0 Å². The second-order valence-electron chi connectivity index (χ2n) is 9.35. The molecule has 5 unspecified atom stereocenters. The number of carbonyl (C=O) groups excluding carboxylic acids is 1. The summed E-state index contributed by atoms with van der Waals surface area (Å²) in [6, 6.07) is 0. The minimum absolute atomic E-state index is 0.200. The van der Waals surface area contributed by atoms with Gasteiger partial charge in [0, 0.05) is 19.7 Å². The van der Waals surface area contributed by atoms with Gasteiger partial charge in [-0.05, 0) is 78.8 Å². The Bertz CT molecular complexity index is 786. The lowest BCUT2D eigenvalue weighted by Gasteiger charge is -2.57. The third-order valence-electron chi connectivity index (χ3n) is 8.36. The van der Waals surface area contributed by atoms with Gasteiger partial charge in [0.25, 0.3) is 0 Å². The van der Waals surface area contributed by atoms with E-state index in [0.29, 0.717) is 11.7 Å². The summed E-state index contributed by atoms with van der Waals surface area (Å²) in [7, 11) is 1.87. The largest absolute Gasteiger partial charge is 0.295 e. The summed E-state index contributed by atoms with van der Waals surface area (Å²) < 4.78 is 0. The Morgan fingerprint density at radius 3 is 2.74 bits per heavy atom. The van der Waals surface area contributed by atoms with E-state index in [-0.39, 0.29) is 10.8 Å². The van der Waals surface area contributed by atoms with Crippen LogP contribution in [0.4, 0.5) is 0 Å². The molecule has 0 heterocycles. The zero-order chi connectivity index (χ0) is 19.2. The van der Waals surface area contributed by atoms with E-state index in [1.54, 1.807) is 6.20 Å². The van der Waals surface area contributed by atoms with Gasteiger partial charge in [0.2, 0.25) is 0 Å². The van der Waals surface area contributed by atoms with Gasteiger partial charge in [-0.2, -0.15) is 0 Å². The van der Waals surface area contributed by atoms with Crippen LogP contribution >= 0.6 is 0 Å². The highest BCUT2D eigenvalue weighted by Gasteiger charge is 2.57. The quantitative estimate of drug-likeness (QED) is 0.623. The van der Waals surface area contributed by atoms with Gasteiger partial charge in [-0.1, -0.05) is 32.1 Å². The zero-order valence-corrected chi connectivity index (χ0v) is 17.0. The Morgan fingerprint density at radius 2 is 2.00 bits per heavy atom. The number of nitrogens with zero attached hydrogens (tertiary/aromatic N) is 2. The second-order valence-corrected chi connectivity index (χ2v) is 9.35. The normalized spacial score (nSPS) is 41.5. The zero-order valence-electron chi connectivity index (χ0n) is 17.0. The molecule has 4 aliphatic rings. The lowest BCUT2D eigenvalue weighted by molar-refractivity contribution is -0.117. The Balaban J connectivity index is 1.64. The molecule has 0 bridgehead atoms. The summed E-state index contributed by atoms with van der Waals surface area (Å²) in [5.74, 6) is 2.51. The molecule has 2 saturated carbocycles. The number of ketones is 1. The predicted octanol–water partition coefficient (Wildman–Crippen LogP) is 5.34. The van der Waals surface area contributed by atoms with E-state index in [0.717, 1.165) is 43.2 Å². The van der Waals surface area contributed by atoms with E-state index in [1.807, 2.05) is 19.3 Å². The van der Waals surface area contributed by atoms with Crippen LogP contribution in [-0.4, -0.2) is 24.8 Å². The van der Waals surface area contributed by atoms with Gasteiger partial charge in [0.05, 0.1) is 11.9 Å². The highest BCUT2D eigenvalue weighted by molar-refractivity contribution is 6.38. The van der Waals surface area contributed by atoms with Gasteiger partial charge >= 0.3 is 0 Å². The van der Waals surface area contributed by atoms with Crippen LogP contribution in [0.3, 0.4) is 0 Å². The standard InChI is InChI=1S/C24H32N2O/c1-5-26-15-22(25-4)21-9-8-19-18-7-6-16-14-17(27)10-12-23(16,2)20(18)11-13-24(19,21)3/h5,9,14-15,18-20H,1,6-8,10-13H2,2-4H3. The van der Waals surface area contributed by atoms with Crippen molar-refractivity contribution >= 4 is 17.7 Å². The fourth-order valence-corrected chi connectivity index (χ4v) is 6.89. The molecule has 0 spiro atoms. The molecule has 5 atom stereocenters. The highest BCUT2D eigenvalue weighted by atomic mass is 16.1. The number of carbonyl (C=O) groups is 1. The highest BCUT2D eigenvalue weighted by Crippen LogP contribution is 2.65. The van der Waals surface area contributed by atoms with Gasteiger partial charge in [-0.3, -0.25) is 14.8 Å². The summed E-state index contributed by atoms with van der Waals surface area (Å²) in [6.45, 7) is 8.60. The first kappa shape index (κ1) is 18.6. The lowest BCUT2D eigenvalue weighted by Crippen LogP contribution is -2.50. The predicted molar refractivity (Wildman–Crippen MR) is 112 cm³/mol. The molecule has 0 aliphatic heterocycles. The van der Waals surface area contributed by atoms with E-state index in [1.165, 1.54) is 30.4 Å². The third-order valence-corrected chi connectivity index (χ3v) is 8.36. The molecular formula is C24H32N2O. The van der Waals surface area contributed by atoms with Crippen molar-refractivity contribution in [1.29, 1.82) is 0 Å². The van der Waals surface area contributed by atoms with Gasteiger partial charge in [-0.25, -0.2) is 0 Å². The van der Waals surface area contributed by atoms with Crippen molar-refractivity contribution in [2.75, 3.05) is 7.05 Å². The van der Waals surface area contributed by atoms with Gasteiger partial charge < -0.3 is 0 Å². The summed E-state index contributed by atoms with van der Waals surface area (Å²) in [5, 5.41) is 0. The Morgan fingerprint density at radius 1 is 1.19 bits per heavy atom. The second kappa shape index (κ2) is 6.68. The van der Waals surface area contributed by atoms with Crippen molar-refractivity contribution in [2.24, 2.45) is 38.6 Å². The minimum atomic E-state index is 0.200. The smallest absolute Gasteiger partial charge is 0.155 e. The van der Waals surface area contributed by atoms with Crippen molar-refractivity contribution in [2.45, 2.75) is 58.8 Å². The van der Waals surface area contributed by atoms with Crippen LogP contribution < -0.4 is 0 Å². The van der Waals surface area contributed by atoms with Crippen molar-refractivity contribution in [3.63, 3.8) is 0 Å². The monoisotopic (exact) mass is 364 g/mol. The lowest BCUT2D eigenvalue weighted by atomic mass is 9.47. The van der Waals surface area contributed by atoms with E-state index in [9.17, 15) is 4.79 Å². The summed E-state index contributed by atoms with van der Waals surface area (Å²) in [5.41, 5.74) is 4.30. The molecule has 0 N–H and O–H groups in total. The molecule has 0 radical (unpaired) electrons. The Labute approximate surface area is 163 Å². The topological polar surface area (TPSA) is 41.8 Å². The summed E-state index contributed by atoms with van der Waals surface area (Å²) in [4.78, 5) is 20.8. The molecule has 0 saturated heterocycles. The molecule has 4 rings (SSSR count). The van der Waals surface area contributed by atoms with Crippen LogP contribution in [0.25, 0.3) is 0 Å². The molecular weight excluding hydrogens is 332 g/mol. The van der Waals surface area contributed by atoms with Gasteiger partial charge in [0.1, 0.15) is 0 Å². The fourth-order valence-electron chi connectivity index (χ4n) is 6.89. The number of hydrogen-bond acceptors (Lipinski definition) is 3. The molecule has 3 heteroatoms. The first-order valence-electron chi connectivity index (χ1n) is 10.5. The van der Waals surface area contributed by atoms with Crippen molar-refractivity contribution < 1.29 is 4.79 Å². The number of fused-ring (bicyclic) bond motifs is 5. The van der Waals surface area contributed by atoms with Gasteiger partial charge in [0.15, 0.2) is 5.78 Å². The van der Waals surface area contributed by atoms with E-state index < -0.39 is 0 Å². The molecule has 27 heavy (non-hydrogen) atoms. The van der Waals surface area contributed by atoms with Crippen LogP contribution in [0.15, 0.2) is 46.1 Å². The van der Waals surface area contributed by atoms with Crippen LogP contribution in [0.5, 0.6) is 0 Å². The molecule has 144 valence electrons. The molecule has 0 aromatic rings. The van der Waals surface area contributed by atoms with E-state index in [4.69, 9.17) is 0 Å². The fraction of sp³-hybridized carbons (Fsp3) is 0.625. The van der Waals surface area contributed by atoms with E-state index >= 15 is 0 Å². The molecule has 4 aliphatic carbocycles. The average Bonchev–Trinajstić information content (AvgIpc) is 3.00. The van der Waals surface area contributed by atoms with Crippen molar-refractivity contribution in [1.82, 2.24) is 0 Å². The molecule has 0 aromatic carbocycles. The van der Waals surface area contributed by atoms with Crippen LogP contribution in [0.1, 0.15) is 58.8 Å². The minimum Gasteiger partial charge on any atom is -0.295 e. The van der Waals surface area contributed by atoms with Gasteiger partial charge in [-0.15, -0.1) is 0 Å². The molecule has 0 aromatic heterocycles. The average molecular weight is 365 g/mol. The molecule has 2 fully saturated rings. The van der Waals surface area contributed by atoms with E-state index in [2.05, 4.69) is 36.5 Å². The maximum absolute atomic E-state index is 12.0. The Kier molecular flexibility index (Phi) is 4.60. The third kappa shape index (κ3) is 2.73. The van der Waals surface area contributed by atoms with Crippen LogP contribution in [-0.2, 0) is 4.79 Å². The molecule has 0 amide bonds. The number of rotatable bonds is 3. The van der Waals surface area contributed by atoms with Crippen molar-refractivity contribution in [3.8, 4) is 0 Å². The first-order chi connectivity index (χ1) is 12.9.